The first-order valence-electron chi connectivity index (χ1n) is 10.1. The molecule has 3 rings (SSSR count). The molecule has 31 heavy (non-hydrogen) atoms. The Balaban J connectivity index is 1.89. The number of anilines is 2. The fraction of sp³-hybridized carbons (Fsp3) is 0.455. The SMILES string of the molecule is CSc1ncc2c(n1)N(C)CCN(c1cccc(CN(CC(C)(C)C)C(=O)O)c1)C2=O. The highest BCUT2D eigenvalue weighted by Crippen LogP contribution is 2.28. The van der Waals surface area contributed by atoms with Gasteiger partial charge in [0.15, 0.2) is 5.16 Å². The number of hydrogen-bond donors (Lipinski definition) is 1. The van der Waals surface area contributed by atoms with E-state index in [1.807, 2.05) is 63.2 Å². The molecule has 2 aromatic rings. The molecule has 0 aliphatic carbocycles. The third-order valence-corrected chi connectivity index (χ3v) is 5.52. The summed E-state index contributed by atoms with van der Waals surface area (Å²) < 4.78 is 0. The molecular formula is C22H29N5O3S. The van der Waals surface area contributed by atoms with Crippen molar-refractivity contribution in [1.29, 1.82) is 0 Å². The molecule has 0 atom stereocenters. The van der Waals surface area contributed by atoms with E-state index >= 15 is 0 Å². The van der Waals surface area contributed by atoms with Crippen LogP contribution in [0.4, 0.5) is 16.3 Å². The number of rotatable bonds is 5. The van der Waals surface area contributed by atoms with E-state index in [-0.39, 0.29) is 17.9 Å². The molecule has 8 nitrogen and oxygen atoms in total. The smallest absolute Gasteiger partial charge is 0.407 e. The minimum absolute atomic E-state index is 0.152. The van der Waals surface area contributed by atoms with Crippen molar-refractivity contribution in [2.45, 2.75) is 32.5 Å². The van der Waals surface area contributed by atoms with Gasteiger partial charge in [-0.15, -0.1) is 0 Å². The topological polar surface area (TPSA) is 89.9 Å². The number of hydrogen-bond acceptors (Lipinski definition) is 6. The zero-order chi connectivity index (χ0) is 22.8. The zero-order valence-electron chi connectivity index (χ0n) is 18.6. The normalized spacial score (nSPS) is 14.3. The molecule has 9 heteroatoms. The Hall–Kier alpha value is -2.81. The van der Waals surface area contributed by atoms with Crippen LogP contribution >= 0.6 is 11.8 Å². The van der Waals surface area contributed by atoms with Crippen molar-refractivity contribution in [3.8, 4) is 0 Å². The van der Waals surface area contributed by atoms with E-state index in [4.69, 9.17) is 0 Å². The second-order valence-corrected chi connectivity index (χ2v) is 9.61. The lowest BCUT2D eigenvalue weighted by Crippen LogP contribution is -2.36. The fourth-order valence-corrected chi connectivity index (χ4v) is 3.89. The van der Waals surface area contributed by atoms with Crippen LogP contribution in [0.3, 0.4) is 0 Å². The van der Waals surface area contributed by atoms with Crippen molar-refractivity contribution < 1.29 is 14.7 Å². The summed E-state index contributed by atoms with van der Waals surface area (Å²) in [7, 11) is 1.92. The Morgan fingerprint density at radius 3 is 2.68 bits per heavy atom. The number of carbonyl (C=O) groups is 2. The number of nitrogens with zero attached hydrogens (tertiary/aromatic N) is 5. The van der Waals surface area contributed by atoms with Crippen LogP contribution in [-0.2, 0) is 6.54 Å². The molecule has 1 aliphatic heterocycles. The molecule has 0 unspecified atom stereocenters. The van der Waals surface area contributed by atoms with E-state index in [0.717, 1.165) is 11.3 Å². The Labute approximate surface area is 187 Å². The summed E-state index contributed by atoms with van der Waals surface area (Å²) in [6.07, 6.45) is 2.53. The maximum Gasteiger partial charge on any atom is 0.407 e. The Bertz CT molecular complexity index is 976. The largest absolute Gasteiger partial charge is 0.465 e. The molecule has 1 aliphatic rings. The van der Waals surface area contributed by atoms with Crippen LogP contribution in [0.15, 0.2) is 35.6 Å². The maximum absolute atomic E-state index is 13.3. The van der Waals surface area contributed by atoms with Gasteiger partial charge in [0.2, 0.25) is 0 Å². The first-order chi connectivity index (χ1) is 14.6. The van der Waals surface area contributed by atoms with E-state index in [9.17, 15) is 14.7 Å². The monoisotopic (exact) mass is 443 g/mol. The van der Waals surface area contributed by atoms with Crippen molar-refractivity contribution in [2.24, 2.45) is 5.41 Å². The Morgan fingerprint density at radius 2 is 2.03 bits per heavy atom. The van der Waals surface area contributed by atoms with E-state index < -0.39 is 6.09 Å². The highest BCUT2D eigenvalue weighted by molar-refractivity contribution is 7.98. The molecular weight excluding hydrogens is 414 g/mol. The lowest BCUT2D eigenvalue weighted by atomic mass is 9.96. The molecule has 0 radical (unpaired) electrons. The van der Waals surface area contributed by atoms with E-state index in [1.165, 1.54) is 16.7 Å². The molecule has 0 bridgehead atoms. The number of carboxylic acid groups (broad SMARTS) is 1. The van der Waals surface area contributed by atoms with Gasteiger partial charge in [-0.1, -0.05) is 44.7 Å². The van der Waals surface area contributed by atoms with Crippen LogP contribution in [0.25, 0.3) is 0 Å². The third kappa shape index (κ3) is 5.46. The number of fused-ring (bicyclic) bond motifs is 1. The minimum Gasteiger partial charge on any atom is -0.465 e. The van der Waals surface area contributed by atoms with Gasteiger partial charge >= 0.3 is 6.09 Å². The molecule has 0 fully saturated rings. The number of benzene rings is 1. The van der Waals surface area contributed by atoms with Gasteiger partial charge in [0, 0.05) is 45.1 Å². The molecule has 2 amide bonds. The number of likely N-dealkylation sites (N-methyl/N-ethyl adjacent to an activating group) is 1. The van der Waals surface area contributed by atoms with Crippen molar-refractivity contribution >= 4 is 35.3 Å². The van der Waals surface area contributed by atoms with Crippen LogP contribution in [0.1, 0.15) is 36.7 Å². The predicted molar refractivity (Wildman–Crippen MR) is 123 cm³/mol. The van der Waals surface area contributed by atoms with Crippen molar-refractivity contribution in [1.82, 2.24) is 14.9 Å². The first kappa shape index (κ1) is 22.9. The van der Waals surface area contributed by atoms with Gasteiger partial charge in [0.25, 0.3) is 5.91 Å². The van der Waals surface area contributed by atoms with Gasteiger partial charge in [-0.25, -0.2) is 14.8 Å². The second-order valence-electron chi connectivity index (χ2n) is 8.84. The molecule has 1 aromatic carbocycles. The highest BCUT2D eigenvalue weighted by atomic mass is 32.2. The predicted octanol–water partition coefficient (Wildman–Crippen LogP) is 3.82. The van der Waals surface area contributed by atoms with Gasteiger partial charge in [0.1, 0.15) is 11.4 Å². The van der Waals surface area contributed by atoms with Gasteiger partial charge in [-0.3, -0.25) is 4.79 Å². The van der Waals surface area contributed by atoms with Crippen molar-refractivity contribution in [3.63, 3.8) is 0 Å². The average Bonchev–Trinajstić information content (AvgIpc) is 2.83. The standard InChI is InChI=1S/C22H29N5O3S/c1-22(2,3)14-26(21(29)30)13-15-7-6-8-16(11-15)27-10-9-25(4)18-17(19(27)28)12-23-20(24-18)31-5/h6-8,11-12H,9-10,13-14H2,1-5H3,(H,29,30). The third-order valence-electron chi connectivity index (χ3n) is 4.96. The molecule has 0 saturated carbocycles. The number of carbonyl (C=O) groups excluding carboxylic acids is 1. The summed E-state index contributed by atoms with van der Waals surface area (Å²) in [4.78, 5) is 38.9. The van der Waals surface area contributed by atoms with E-state index in [1.54, 1.807) is 11.1 Å². The molecule has 166 valence electrons. The molecule has 1 aromatic heterocycles. The maximum atomic E-state index is 13.3. The average molecular weight is 444 g/mol. The van der Waals surface area contributed by atoms with Gasteiger partial charge in [-0.2, -0.15) is 0 Å². The minimum atomic E-state index is -0.955. The van der Waals surface area contributed by atoms with E-state index in [2.05, 4.69) is 9.97 Å². The Kier molecular flexibility index (Phi) is 6.74. The number of aromatic nitrogens is 2. The summed E-state index contributed by atoms with van der Waals surface area (Å²) >= 11 is 1.44. The first-order valence-corrected chi connectivity index (χ1v) is 11.3. The van der Waals surface area contributed by atoms with Crippen LogP contribution in [-0.4, -0.2) is 64.9 Å². The van der Waals surface area contributed by atoms with Crippen LogP contribution < -0.4 is 9.80 Å². The molecule has 0 spiro atoms. The van der Waals surface area contributed by atoms with Crippen molar-refractivity contribution in [3.05, 3.63) is 41.6 Å². The van der Waals surface area contributed by atoms with Crippen LogP contribution in [0.2, 0.25) is 0 Å². The van der Waals surface area contributed by atoms with Gasteiger partial charge in [-0.05, 0) is 29.4 Å². The summed E-state index contributed by atoms with van der Waals surface area (Å²) in [5.41, 5.74) is 1.88. The quantitative estimate of drug-likeness (QED) is 0.555. The molecule has 0 saturated heterocycles. The number of amides is 2. The van der Waals surface area contributed by atoms with Crippen molar-refractivity contribution in [2.75, 3.05) is 42.7 Å². The summed E-state index contributed by atoms with van der Waals surface area (Å²) in [6.45, 7) is 7.82. The summed E-state index contributed by atoms with van der Waals surface area (Å²) in [5, 5.41) is 10.2. The number of thioether (sulfide) groups is 1. The summed E-state index contributed by atoms with van der Waals surface area (Å²) in [5.74, 6) is 0.471. The highest BCUT2D eigenvalue weighted by Gasteiger charge is 2.28. The van der Waals surface area contributed by atoms with Gasteiger partial charge in [0.05, 0.1) is 0 Å². The second kappa shape index (κ2) is 9.13. The van der Waals surface area contributed by atoms with E-state index in [0.29, 0.717) is 36.2 Å². The lowest BCUT2D eigenvalue weighted by molar-refractivity contribution is 0.0989. The molecule has 1 N–H and O–H groups in total. The summed E-state index contributed by atoms with van der Waals surface area (Å²) in [6, 6.07) is 7.51. The Morgan fingerprint density at radius 1 is 1.29 bits per heavy atom. The van der Waals surface area contributed by atoms with Gasteiger partial charge < -0.3 is 19.8 Å². The van der Waals surface area contributed by atoms with Crippen LogP contribution in [0.5, 0.6) is 0 Å². The zero-order valence-corrected chi connectivity index (χ0v) is 19.4. The van der Waals surface area contributed by atoms with Crippen LogP contribution in [0, 0.1) is 5.41 Å². The fourth-order valence-electron chi connectivity index (χ4n) is 3.55. The molecule has 2 heterocycles. The lowest BCUT2D eigenvalue weighted by Gasteiger charge is -2.28.